The van der Waals surface area contributed by atoms with Crippen molar-refractivity contribution in [2.45, 2.75) is 38.6 Å². The van der Waals surface area contributed by atoms with Crippen molar-refractivity contribution >= 4 is 35.1 Å². The summed E-state index contributed by atoms with van der Waals surface area (Å²) in [6.07, 6.45) is 2.80. The molecule has 1 atom stereocenters. The summed E-state index contributed by atoms with van der Waals surface area (Å²) in [5.41, 5.74) is 0.465. The monoisotopic (exact) mass is 343 g/mol. The van der Waals surface area contributed by atoms with Gasteiger partial charge in [-0.15, -0.1) is 0 Å². The third kappa shape index (κ3) is 3.93. The number of unbranched alkanes of at least 4 members (excludes halogenated alkanes) is 1. The molecule has 1 fully saturated rings. The maximum Gasteiger partial charge on any atom is 0.410 e. The third-order valence-corrected chi connectivity index (χ3v) is 4.46. The Balaban J connectivity index is 2.07. The van der Waals surface area contributed by atoms with Crippen LogP contribution in [0.2, 0.25) is 10.0 Å². The molecule has 1 saturated heterocycles. The third-order valence-electron chi connectivity index (χ3n) is 3.72. The summed E-state index contributed by atoms with van der Waals surface area (Å²) in [6.45, 7) is 2.96. The van der Waals surface area contributed by atoms with Crippen LogP contribution in [0.4, 0.5) is 4.79 Å². The molecule has 0 bridgehead atoms. The SMILES string of the molecule is CCCCOC(=O)N1CCCC1C(=O)c1ccc(Cl)c(Cl)c1. The highest BCUT2D eigenvalue weighted by molar-refractivity contribution is 6.42. The molecule has 1 amide bonds. The van der Waals surface area contributed by atoms with E-state index < -0.39 is 12.1 Å². The van der Waals surface area contributed by atoms with Gasteiger partial charge in [-0.3, -0.25) is 9.69 Å². The number of carbonyl (C=O) groups is 2. The highest BCUT2D eigenvalue weighted by atomic mass is 35.5. The Labute approximate surface area is 140 Å². The average molecular weight is 344 g/mol. The minimum atomic E-state index is -0.480. The Bertz CT molecular complexity index is 562. The first kappa shape index (κ1) is 17.1. The van der Waals surface area contributed by atoms with Gasteiger partial charge < -0.3 is 4.74 Å². The van der Waals surface area contributed by atoms with Crippen LogP contribution in [0.3, 0.4) is 0 Å². The number of hydrogen-bond donors (Lipinski definition) is 0. The van der Waals surface area contributed by atoms with Crippen molar-refractivity contribution in [3.63, 3.8) is 0 Å². The predicted octanol–water partition coefficient (Wildman–Crippen LogP) is 4.58. The fraction of sp³-hybridized carbons (Fsp3) is 0.500. The van der Waals surface area contributed by atoms with Crippen molar-refractivity contribution < 1.29 is 14.3 Å². The number of carbonyl (C=O) groups excluding carboxylic acids is 2. The van der Waals surface area contributed by atoms with E-state index in [4.69, 9.17) is 27.9 Å². The molecule has 2 rings (SSSR count). The summed E-state index contributed by atoms with van der Waals surface area (Å²) in [5, 5.41) is 0.739. The van der Waals surface area contributed by atoms with Crippen LogP contribution in [-0.4, -0.2) is 36.0 Å². The largest absolute Gasteiger partial charge is 0.449 e. The fourth-order valence-electron chi connectivity index (χ4n) is 2.49. The Morgan fingerprint density at radius 3 is 2.77 bits per heavy atom. The Hall–Kier alpha value is -1.26. The zero-order chi connectivity index (χ0) is 16.1. The van der Waals surface area contributed by atoms with Gasteiger partial charge in [0.15, 0.2) is 5.78 Å². The number of hydrogen-bond acceptors (Lipinski definition) is 3. The van der Waals surface area contributed by atoms with Crippen molar-refractivity contribution in [2.75, 3.05) is 13.2 Å². The van der Waals surface area contributed by atoms with Gasteiger partial charge in [-0.05, 0) is 37.5 Å². The smallest absolute Gasteiger partial charge is 0.410 e. The zero-order valence-electron chi connectivity index (χ0n) is 12.5. The molecule has 0 saturated carbocycles. The van der Waals surface area contributed by atoms with Gasteiger partial charge in [0.2, 0.25) is 0 Å². The number of benzene rings is 1. The van der Waals surface area contributed by atoms with Gasteiger partial charge in [-0.2, -0.15) is 0 Å². The van der Waals surface area contributed by atoms with E-state index in [2.05, 4.69) is 0 Å². The number of Topliss-reactive ketones (excluding diaryl/α,β-unsaturated/α-hetero) is 1. The highest BCUT2D eigenvalue weighted by Gasteiger charge is 2.35. The van der Waals surface area contributed by atoms with E-state index in [9.17, 15) is 9.59 Å². The Kier molecular flexibility index (Phi) is 6.09. The van der Waals surface area contributed by atoms with Crippen molar-refractivity contribution in [2.24, 2.45) is 0 Å². The zero-order valence-corrected chi connectivity index (χ0v) is 14.0. The molecule has 0 aromatic heterocycles. The molecule has 0 spiro atoms. The van der Waals surface area contributed by atoms with E-state index in [0.717, 1.165) is 19.3 Å². The van der Waals surface area contributed by atoms with Crippen molar-refractivity contribution in [3.05, 3.63) is 33.8 Å². The van der Waals surface area contributed by atoms with E-state index in [1.165, 1.54) is 4.90 Å². The summed E-state index contributed by atoms with van der Waals surface area (Å²) in [5.74, 6) is -0.122. The first-order valence-electron chi connectivity index (χ1n) is 7.47. The number of ether oxygens (including phenoxy) is 1. The summed E-state index contributed by atoms with van der Waals surface area (Å²) >= 11 is 11.8. The first-order valence-corrected chi connectivity index (χ1v) is 8.23. The van der Waals surface area contributed by atoms with E-state index in [-0.39, 0.29) is 5.78 Å². The summed E-state index contributed by atoms with van der Waals surface area (Å²) in [6, 6.07) is 4.29. The number of amides is 1. The van der Waals surface area contributed by atoms with Gasteiger partial charge >= 0.3 is 6.09 Å². The van der Waals surface area contributed by atoms with Crippen LogP contribution >= 0.6 is 23.2 Å². The molecule has 0 aliphatic carbocycles. The maximum atomic E-state index is 12.6. The van der Waals surface area contributed by atoms with E-state index >= 15 is 0 Å². The first-order chi connectivity index (χ1) is 10.5. The molecule has 0 N–H and O–H groups in total. The molecule has 1 aliphatic rings. The van der Waals surface area contributed by atoms with Crippen LogP contribution in [0, 0.1) is 0 Å². The van der Waals surface area contributed by atoms with Crippen LogP contribution in [-0.2, 0) is 4.74 Å². The van der Waals surface area contributed by atoms with E-state index in [0.29, 0.717) is 35.2 Å². The lowest BCUT2D eigenvalue weighted by Crippen LogP contribution is -2.41. The fourth-order valence-corrected chi connectivity index (χ4v) is 2.78. The summed E-state index contributed by atoms with van der Waals surface area (Å²) in [7, 11) is 0. The Morgan fingerprint density at radius 1 is 1.32 bits per heavy atom. The van der Waals surface area contributed by atoms with E-state index in [1.54, 1.807) is 18.2 Å². The van der Waals surface area contributed by atoms with Gasteiger partial charge in [0.25, 0.3) is 0 Å². The lowest BCUT2D eigenvalue weighted by Gasteiger charge is -2.23. The number of halogens is 2. The minimum Gasteiger partial charge on any atom is -0.449 e. The molecular formula is C16H19Cl2NO3. The summed E-state index contributed by atoms with van der Waals surface area (Å²) in [4.78, 5) is 26.2. The topological polar surface area (TPSA) is 46.6 Å². The molecule has 4 nitrogen and oxygen atoms in total. The molecule has 1 unspecified atom stereocenters. The van der Waals surface area contributed by atoms with Crippen LogP contribution in [0.5, 0.6) is 0 Å². The molecule has 1 aromatic rings. The second-order valence-corrected chi connectivity index (χ2v) is 6.13. The molecular weight excluding hydrogens is 325 g/mol. The minimum absolute atomic E-state index is 0.122. The lowest BCUT2D eigenvalue weighted by atomic mass is 10.0. The maximum absolute atomic E-state index is 12.6. The molecule has 6 heteroatoms. The predicted molar refractivity (Wildman–Crippen MR) is 86.8 cm³/mol. The number of likely N-dealkylation sites (tertiary alicyclic amines) is 1. The molecule has 1 aliphatic heterocycles. The molecule has 0 radical (unpaired) electrons. The second kappa shape index (κ2) is 7.84. The van der Waals surface area contributed by atoms with Crippen LogP contribution in [0.15, 0.2) is 18.2 Å². The van der Waals surface area contributed by atoms with Crippen molar-refractivity contribution in [1.29, 1.82) is 0 Å². The molecule has 22 heavy (non-hydrogen) atoms. The van der Waals surface area contributed by atoms with Crippen molar-refractivity contribution in [3.8, 4) is 0 Å². The van der Waals surface area contributed by atoms with Gasteiger partial charge in [-0.1, -0.05) is 36.5 Å². The van der Waals surface area contributed by atoms with Gasteiger partial charge in [0, 0.05) is 12.1 Å². The standard InChI is InChI=1S/C16H19Cl2NO3/c1-2-3-9-22-16(21)19-8-4-5-14(19)15(20)11-6-7-12(17)13(18)10-11/h6-7,10,14H,2-5,8-9H2,1H3. The second-order valence-electron chi connectivity index (χ2n) is 5.31. The van der Waals surface area contributed by atoms with Gasteiger partial charge in [0.1, 0.15) is 0 Å². The number of ketones is 1. The normalized spacial score (nSPS) is 17.6. The summed E-state index contributed by atoms with van der Waals surface area (Å²) < 4.78 is 5.21. The number of rotatable bonds is 5. The molecule has 120 valence electrons. The van der Waals surface area contributed by atoms with Crippen LogP contribution in [0.25, 0.3) is 0 Å². The van der Waals surface area contributed by atoms with E-state index in [1.807, 2.05) is 6.92 Å². The quantitative estimate of drug-likeness (QED) is 0.580. The number of nitrogens with zero attached hydrogens (tertiary/aromatic N) is 1. The van der Waals surface area contributed by atoms with Gasteiger partial charge in [0.05, 0.1) is 22.7 Å². The average Bonchev–Trinajstić information content (AvgIpc) is 2.99. The van der Waals surface area contributed by atoms with Crippen molar-refractivity contribution in [1.82, 2.24) is 4.90 Å². The molecule has 1 heterocycles. The lowest BCUT2D eigenvalue weighted by molar-refractivity contribution is 0.0757. The highest BCUT2D eigenvalue weighted by Crippen LogP contribution is 2.26. The molecule has 1 aromatic carbocycles. The van der Waals surface area contributed by atoms with Crippen LogP contribution < -0.4 is 0 Å². The van der Waals surface area contributed by atoms with Crippen LogP contribution in [0.1, 0.15) is 43.0 Å². The Morgan fingerprint density at radius 2 is 2.09 bits per heavy atom. The van der Waals surface area contributed by atoms with Gasteiger partial charge in [-0.25, -0.2) is 4.79 Å².